The van der Waals surface area contributed by atoms with E-state index in [1.165, 1.54) is 9.26 Å². The zero-order valence-corrected chi connectivity index (χ0v) is 16.3. The van der Waals surface area contributed by atoms with E-state index in [-0.39, 0.29) is 5.54 Å². The summed E-state index contributed by atoms with van der Waals surface area (Å²) < 4.78 is 1.24. The maximum absolute atomic E-state index is 6.13. The number of halogens is 2. The first-order valence-electron chi connectivity index (χ1n) is 7.89. The van der Waals surface area contributed by atoms with Crippen LogP contribution in [0, 0.1) is 9.49 Å². The number of nitrogens with one attached hydrogen (secondary N) is 1. The number of benzene rings is 1. The van der Waals surface area contributed by atoms with Crippen LogP contribution < -0.4 is 10.2 Å². The van der Waals surface area contributed by atoms with Crippen LogP contribution in [0.5, 0.6) is 0 Å². The van der Waals surface area contributed by atoms with Crippen molar-refractivity contribution in [2.24, 2.45) is 5.92 Å². The maximum atomic E-state index is 6.13. The number of hydrogen-bond donors (Lipinski definition) is 1. The number of hydrogen-bond acceptors (Lipinski definition) is 2. The summed E-state index contributed by atoms with van der Waals surface area (Å²) >= 11 is 8.54. The number of nitrogens with zero attached hydrogens (tertiary/aromatic N) is 1. The summed E-state index contributed by atoms with van der Waals surface area (Å²) in [6.07, 6.45) is 2.32. The molecule has 1 aromatic rings. The first-order valence-corrected chi connectivity index (χ1v) is 9.35. The Morgan fingerprint density at radius 3 is 2.57 bits per heavy atom. The van der Waals surface area contributed by atoms with Crippen molar-refractivity contribution in [3.63, 3.8) is 0 Å². The van der Waals surface area contributed by atoms with Crippen LogP contribution in [0.3, 0.4) is 0 Å². The molecule has 1 aromatic carbocycles. The Balaban J connectivity index is 2.38. The minimum Gasteiger partial charge on any atom is -0.364 e. The Labute approximate surface area is 147 Å². The fraction of sp³-hybridized carbons (Fsp3) is 0.647. The van der Waals surface area contributed by atoms with Gasteiger partial charge in [-0.2, -0.15) is 0 Å². The summed E-state index contributed by atoms with van der Waals surface area (Å²) in [4.78, 5) is 2.60. The van der Waals surface area contributed by atoms with Crippen LogP contribution >= 0.6 is 34.2 Å². The molecule has 1 aliphatic rings. The number of piperazine rings is 1. The third-order valence-corrected chi connectivity index (χ3v) is 6.00. The predicted molar refractivity (Wildman–Crippen MR) is 101 cm³/mol. The van der Waals surface area contributed by atoms with Gasteiger partial charge in [0.2, 0.25) is 0 Å². The van der Waals surface area contributed by atoms with Crippen molar-refractivity contribution in [1.82, 2.24) is 5.32 Å². The minimum absolute atomic E-state index is 0.230. The average molecular weight is 421 g/mol. The largest absolute Gasteiger partial charge is 0.364 e. The zero-order valence-electron chi connectivity index (χ0n) is 13.4. The van der Waals surface area contributed by atoms with Crippen molar-refractivity contribution in [3.05, 3.63) is 26.8 Å². The molecule has 4 heteroatoms. The van der Waals surface area contributed by atoms with Gasteiger partial charge < -0.3 is 10.2 Å². The third-order valence-electron chi connectivity index (χ3n) is 4.90. The molecule has 0 aromatic heterocycles. The van der Waals surface area contributed by atoms with Crippen LogP contribution in [0.15, 0.2) is 18.2 Å². The molecule has 1 heterocycles. The lowest BCUT2D eigenvalue weighted by Gasteiger charge is -2.50. The van der Waals surface area contributed by atoms with Gasteiger partial charge in [0.1, 0.15) is 0 Å². The lowest BCUT2D eigenvalue weighted by Crippen LogP contribution is -2.65. The normalized spacial score (nSPS) is 21.9. The molecule has 0 aliphatic carbocycles. The van der Waals surface area contributed by atoms with E-state index in [2.05, 4.69) is 72.6 Å². The molecule has 2 nitrogen and oxygen atoms in total. The molecule has 1 N–H and O–H groups in total. The molecule has 0 saturated carbocycles. The highest BCUT2D eigenvalue weighted by Crippen LogP contribution is 2.34. The topological polar surface area (TPSA) is 15.3 Å². The van der Waals surface area contributed by atoms with E-state index in [4.69, 9.17) is 11.6 Å². The van der Waals surface area contributed by atoms with Gasteiger partial charge in [-0.25, -0.2) is 0 Å². The summed E-state index contributed by atoms with van der Waals surface area (Å²) in [5.41, 5.74) is 1.56. The van der Waals surface area contributed by atoms with E-state index in [1.807, 2.05) is 6.07 Å². The lowest BCUT2D eigenvalue weighted by atomic mass is 9.86. The Morgan fingerprint density at radius 2 is 2.05 bits per heavy atom. The molecule has 118 valence electrons. The summed E-state index contributed by atoms with van der Waals surface area (Å²) in [7, 11) is 0. The molecule has 1 fully saturated rings. The fourth-order valence-corrected chi connectivity index (χ4v) is 4.41. The molecule has 1 aliphatic heterocycles. The van der Waals surface area contributed by atoms with Crippen molar-refractivity contribution < 1.29 is 0 Å². The molecule has 0 spiro atoms. The predicted octanol–water partition coefficient (Wildman–Crippen LogP) is 4.94. The monoisotopic (exact) mass is 420 g/mol. The molecular formula is C17H26ClIN2. The van der Waals surface area contributed by atoms with Gasteiger partial charge in [0.25, 0.3) is 0 Å². The second-order valence-electron chi connectivity index (χ2n) is 6.40. The van der Waals surface area contributed by atoms with Gasteiger partial charge in [-0.1, -0.05) is 39.3 Å². The van der Waals surface area contributed by atoms with Crippen LogP contribution in [0.1, 0.15) is 40.5 Å². The van der Waals surface area contributed by atoms with Crippen molar-refractivity contribution in [3.8, 4) is 0 Å². The van der Waals surface area contributed by atoms with E-state index < -0.39 is 0 Å². The van der Waals surface area contributed by atoms with E-state index in [9.17, 15) is 0 Å². The van der Waals surface area contributed by atoms with Crippen LogP contribution in [0.4, 0.5) is 5.69 Å². The summed E-state index contributed by atoms with van der Waals surface area (Å²) in [6, 6.07) is 6.79. The second-order valence-corrected chi connectivity index (χ2v) is 8.00. The minimum atomic E-state index is 0.230. The van der Waals surface area contributed by atoms with Crippen molar-refractivity contribution in [1.29, 1.82) is 0 Å². The molecule has 2 rings (SSSR count). The van der Waals surface area contributed by atoms with Gasteiger partial charge in [-0.05, 0) is 59.5 Å². The zero-order chi connectivity index (χ0) is 15.6. The Kier molecular flexibility index (Phi) is 5.83. The van der Waals surface area contributed by atoms with Crippen molar-refractivity contribution in [2.45, 2.75) is 52.1 Å². The summed E-state index contributed by atoms with van der Waals surface area (Å²) in [5, 5.41) is 4.64. The smallest absolute Gasteiger partial charge is 0.0506 e. The average Bonchev–Trinajstić information content (AvgIpc) is 2.46. The van der Waals surface area contributed by atoms with Crippen LogP contribution in [-0.2, 0) is 0 Å². The SMILES string of the molecule is CCC1(CC)CN(c2ccc(Cl)cc2I)C(C(C)C)CN1. The van der Waals surface area contributed by atoms with Crippen LogP contribution in [0.2, 0.25) is 5.02 Å². The lowest BCUT2D eigenvalue weighted by molar-refractivity contribution is 0.227. The van der Waals surface area contributed by atoms with Gasteiger partial charge in [-0.15, -0.1) is 0 Å². The van der Waals surface area contributed by atoms with E-state index in [0.29, 0.717) is 12.0 Å². The quantitative estimate of drug-likeness (QED) is 0.694. The molecule has 1 unspecified atom stereocenters. The first kappa shape index (κ1) is 17.4. The van der Waals surface area contributed by atoms with E-state index in [0.717, 1.165) is 31.0 Å². The van der Waals surface area contributed by atoms with Crippen molar-refractivity contribution >= 4 is 39.9 Å². The van der Waals surface area contributed by atoms with E-state index in [1.54, 1.807) is 0 Å². The Morgan fingerprint density at radius 1 is 1.38 bits per heavy atom. The summed E-state index contributed by atoms with van der Waals surface area (Å²) in [5.74, 6) is 0.621. The molecular weight excluding hydrogens is 395 g/mol. The van der Waals surface area contributed by atoms with E-state index >= 15 is 0 Å². The summed E-state index contributed by atoms with van der Waals surface area (Å²) in [6.45, 7) is 11.3. The molecule has 21 heavy (non-hydrogen) atoms. The number of rotatable bonds is 4. The highest BCUT2D eigenvalue weighted by molar-refractivity contribution is 14.1. The molecule has 0 radical (unpaired) electrons. The number of anilines is 1. The Hall–Kier alpha value is -0.0000000000000000763. The van der Waals surface area contributed by atoms with Gasteiger partial charge in [-0.3, -0.25) is 0 Å². The molecule has 1 atom stereocenters. The third kappa shape index (κ3) is 3.67. The Bertz CT molecular complexity index is 486. The molecule has 1 saturated heterocycles. The standard InChI is InChI=1S/C17H26ClIN2/c1-5-17(6-2)11-21(16(10-20-17)12(3)4)15-8-7-13(18)9-14(15)19/h7-9,12,16,20H,5-6,10-11H2,1-4H3. The first-order chi connectivity index (χ1) is 9.92. The van der Waals surface area contributed by atoms with Crippen molar-refractivity contribution in [2.75, 3.05) is 18.0 Å². The fourth-order valence-electron chi connectivity index (χ4n) is 3.23. The second kappa shape index (κ2) is 7.05. The highest BCUT2D eigenvalue weighted by Gasteiger charge is 2.38. The van der Waals surface area contributed by atoms with Gasteiger partial charge in [0.05, 0.1) is 5.69 Å². The molecule has 0 amide bonds. The van der Waals surface area contributed by atoms with Crippen LogP contribution in [-0.4, -0.2) is 24.7 Å². The molecule has 0 bridgehead atoms. The maximum Gasteiger partial charge on any atom is 0.0506 e. The van der Waals surface area contributed by atoms with Crippen LogP contribution in [0.25, 0.3) is 0 Å². The van der Waals surface area contributed by atoms with Gasteiger partial charge in [0, 0.05) is 33.3 Å². The van der Waals surface area contributed by atoms with Gasteiger partial charge >= 0.3 is 0 Å². The van der Waals surface area contributed by atoms with Gasteiger partial charge in [0.15, 0.2) is 0 Å². The highest BCUT2D eigenvalue weighted by atomic mass is 127.